The van der Waals surface area contributed by atoms with Gasteiger partial charge in [-0.2, -0.15) is 9.97 Å². The molecule has 7 heterocycles. The molecule has 0 radical (unpaired) electrons. The van der Waals surface area contributed by atoms with Crippen molar-refractivity contribution < 1.29 is 37.6 Å². The summed E-state index contributed by atoms with van der Waals surface area (Å²) in [5.74, 6) is -1.34. The van der Waals surface area contributed by atoms with Gasteiger partial charge in [-0.1, -0.05) is 70.2 Å². The van der Waals surface area contributed by atoms with Gasteiger partial charge in [0, 0.05) is 74.4 Å². The number of ether oxygens (including phenoxy) is 2. The second kappa shape index (κ2) is 22.6. The van der Waals surface area contributed by atoms with E-state index in [4.69, 9.17) is 14.5 Å². The molecule has 6 atom stereocenters. The standard InChI is InChI=1S/C57H69FN10O7S2/c1-8-35-10-9-11-38-24-41(69)25-43(47(35)38)49-48(58)50-44(26-59-49)53(67-27-39-16-17-40(28-67)61-39)64-56(63-50)74-23-22-66-20-18-42(19-21-66)75-29-46(70)62-52(57(4,5)6)55(72)68-32-77(73)30-45(68)54(71)65(7)34(3)36-12-14-37(15-13-36)51-33(2)60-31-76-51/h9-15,24-26,31,34,39-40,42,45,52,61,69H,8,16-23,27-30,32H2,1-7H3,(H,62,70)/t34-,39?,40?,45-,52+,77?/m0/s1. The molecule has 3 aromatic carbocycles. The van der Waals surface area contributed by atoms with Crippen molar-refractivity contribution in [2.24, 2.45) is 5.41 Å². The number of phenolic OH excluding ortho intramolecular Hbond substituents is 1. The molecule has 77 heavy (non-hydrogen) atoms. The van der Waals surface area contributed by atoms with E-state index >= 15 is 4.39 Å². The molecule has 6 aromatic rings. The van der Waals surface area contributed by atoms with Crippen molar-refractivity contribution in [3.8, 4) is 33.5 Å². The fraction of sp³-hybridized carbons (Fsp3) is 0.491. The molecule has 3 aromatic heterocycles. The molecule has 10 rings (SSSR count). The maximum atomic E-state index is 17.1. The second-order valence-corrected chi connectivity index (χ2v) is 24.4. The van der Waals surface area contributed by atoms with Crippen LogP contribution in [-0.2, 0) is 36.3 Å². The quantitative estimate of drug-likeness (QED) is 0.0884. The number of amides is 3. The fourth-order valence-corrected chi connectivity index (χ4v) is 13.6. The van der Waals surface area contributed by atoms with Gasteiger partial charge in [-0.15, -0.1) is 11.3 Å². The first-order chi connectivity index (χ1) is 36.9. The van der Waals surface area contributed by atoms with Crippen molar-refractivity contribution in [2.75, 3.05) is 69.5 Å². The summed E-state index contributed by atoms with van der Waals surface area (Å²) >= 11 is 1.57. The fourth-order valence-electron chi connectivity index (χ4n) is 11.4. The summed E-state index contributed by atoms with van der Waals surface area (Å²) in [7, 11) is 0.249. The Morgan fingerprint density at radius 1 is 1.03 bits per heavy atom. The normalized spacial score (nSPS) is 20.9. The Hall–Kier alpha value is -6.19. The van der Waals surface area contributed by atoms with Gasteiger partial charge in [-0.3, -0.25) is 28.5 Å². The average Bonchev–Trinajstić information content (AvgIpc) is 4.17. The van der Waals surface area contributed by atoms with Gasteiger partial charge in [-0.25, -0.2) is 9.37 Å². The zero-order valence-corrected chi connectivity index (χ0v) is 46.5. The third kappa shape index (κ3) is 11.5. The molecule has 20 heteroatoms. The Labute approximate surface area is 455 Å². The largest absolute Gasteiger partial charge is 0.508 e. The number of benzene rings is 3. The van der Waals surface area contributed by atoms with E-state index in [-0.39, 0.29) is 65.9 Å². The molecule has 0 spiro atoms. The highest BCUT2D eigenvalue weighted by Gasteiger charge is 2.46. The number of carbonyl (C=O) groups excluding carboxylic acids is 3. The maximum Gasteiger partial charge on any atom is 0.319 e. The summed E-state index contributed by atoms with van der Waals surface area (Å²) in [6.07, 6.45) is 5.60. The Kier molecular flexibility index (Phi) is 15.9. The summed E-state index contributed by atoms with van der Waals surface area (Å²) in [5, 5.41) is 19.4. The lowest BCUT2D eigenvalue weighted by atomic mass is 9.85. The predicted octanol–water partition coefficient (Wildman–Crippen LogP) is 7.15. The first kappa shape index (κ1) is 54.2. The number of piperazine rings is 1. The number of aromatic hydroxyl groups is 1. The third-order valence-corrected chi connectivity index (χ3v) is 18.0. The summed E-state index contributed by atoms with van der Waals surface area (Å²) < 4.78 is 42.6. The van der Waals surface area contributed by atoms with Crippen LogP contribution in [0.15, 0.2) is 66.3 Å². The summed E-state index contributed by atoms with van der Waals surface area (Å²) in [4.78, 5) is 69.2. The lowest BCUT2D eigenvalue weighted by Crippen LogP contribution is -2.58. The van der Waals surface area contributed by atoms with Crippen LogP contribution in [0.25, 0.3) is 43.4 Å². The van der Waals surface area contributed by atoms with Crippen LogP contribution in [0.5, 0.6) is 11.8 Å². The Morgan fingerprint density at radius 3 is 2.45 bits per heavy atom. The monoisotopic (exact) mass is 1090 g/mol. The smallest absolute Gasteiger partial charge is 0.319 e. The Morgan fingerprint density at radius 2 is 1.77 bits per heavy atom. The van der Waals surface area contributed by atoms with E-state index in [1.165, 1.54) is 4.90 Å². The number of rotatable bonds is 16. The van der Waals surface area contributed by atoms with Gasteiger partial charge in [0.05, 0.1) is 45.2 Å². The summed E-state index contributed by atoms with van der Waals surface area (Å²) in [5.41, 5.74) is 5.71. The molecule has 4 saturated heterocycles. The van der Waals surface area contributed by atoms with Crippen molar-refractivity contribution in [3.05, 3.63) is 88.9 Å². The third-order valence-electron chi connectivity index (χ3n) is 15.8. The van der Waals surface area contributed by atoms with Crippen molar-refractivity contribution in [3.63, 3.8) is 0 Å². The van der Waals surface area contributed by atoms with E-state index in [0.717, 1.165) is 50.9 Å². The molecule has 3 amide bonds. The van der Waals surface area contributed by atoms with E-state index in [9.17, 15) is 23.7 Å². The van der Waals surface area contributed by atoms with Gasteiger partial charge >= 0.3 is 6.01 Å². The van der Waals surface area contributed by atoms with Crippen molar-refractivity contribution in [1.29, 1.82) is 0 Å². The number of nitrogens with one attached hydrogen (secondary N) is 2. The van der Waals surface area contributed by atoms with Gasteiger partial charge in [-0.05, 0) is 91.0 Å². The van der Waals surface area contributed by atoms with Gasteiger partial charge in [0.15, 0.2) is 5.82 Å². The highest BCUT2D eigenvalue weighted by molar-refractivity contribution is 7.85. The molecule has 17 nitrogen and oxygen atoms in total. The van der Waals surface area contributed by atoms with Crippen LogP contribution in [0.4, 0.5) is 10.2 Å². The number of aryl methyl sites for hydroxylation is 2. The molecule has 4 fully saturated rings. The van der Waals surface area contributed by atoms with E-state index < -0.39 is 45.9 Å². The van der Waals surface area contributed by atoms with Crippen LogP contribution in [0.3, 0.4) is 0 Å². The van der Waals surface area contributed by atoms with Gasteiger partial charge in [0.2, 0.25) is 17.7 Å². The van der Waals surface area contributed by atoms with Crippen LogP contribution >= 0.6 is 11.3 Å². The van der Waals surface area contributed by atoms with Crippen molar-refractivity contribution in [2.45, 2.75) is 110 Å². The first-order valence-corrected chi connectivity index (χ1v) is 29.1. The summed E-state index contributed by atoms with van der Waals surface area (Å²) in [6.45, 7) is 14.8. The highest BCUT2D eigenvalue weighted by atomic mass is 32.2. The second-order valence-electron chi connectivity index (χ2n) is 22.1. The molecule has 408 valence electrons. The van der Waals surface area contributed by atoms with E-state index in [1.54, 1.807) is 41.6 Å². The highest BCUT2D eigenvalue weighted by Crippen LogP contribution is 2.39. The van der Waals surface area contributed by atoms with Gasteiger partial charge in [0.25, 0.3) is 0 Å². The zero-order chi connectivity index (χ0) is 54.3. The maximum absolute atomic E-state index is 17.1. The Balaban J connectivity index is 0.746. The zero-order valence-electron chi connectivity index (χ0n) is 44.9. The number of anilines is 1. The van der Waals surface area contributed by atoms with E-state index in [0.29, 0.717) is 80.8 Å². The van der Waals surface area contributed by atoms with Crippen LogP contribution in [0.2, 0.25) is 0 Å². The number of fused-ring (bicyclic) bond motifs is 4. The molecule has 0 aliphatic carbocycles. The minimum absolute atomic E-state index is 0.0125. The van der Waals surface area contributed by atoms with E-state index in [2.05, 4.69) is 35.4 Å². The molecule has 3 N–H and O–H groups in total. The summed E-state index contributed by atoms with van der Waals surface area (Å²) in [6, 6.07) is 15.5. The minimum atomic E-state index is -1.45. The topological polar surface area (TPSA) is 196 Å². The number of pyridine rings is 1. The SMILES string of the molecule is CCc1cccc2cc(O)cc(-c3ncc4c(N5CC6CCC(C5)N6)nc(OCCN5CCC(OCC(=O)N[C@H](C(=O)N6CS(=O)C[C@H]6C(=O)N(C)[C@@H](C)c6ccc(-c7scnc7C)cc6)C(C)(C)C)CC5)nc4c3F)c12. The number of halogens is 1. The number of phenols is 1. The van der Waals surface area contributed by atoms with Crippen LogP contribution < -0.4 is 20.3 Å². The van der Waals surface area contributed by atoms with Crippen LogP contribution in [0, 0.1) is 18.2 Å². The number of nitrogens with zero attached hydrogens (tertiary/aromatic N) is 8. The molecule has 0 saturated carbocycles. The van der Waals surface area contributed by atoms with Crippen molar-refractivity contribution in [1.82, 2.24) is 45.3 Å². The average molecular weight is 1090 g/mol. The predicted molar refractivity (Wildman–Crippen MR) is 298 cm³/mol. The molecule has 4 aliphatic heterocycles. The lowest BCUT2D eigenvalue weighted by molar-refractivity contribution is -0.148. The van der Waals surface area contributed by atoms with Crippen LogP contribution in [-0.4, -0.2) is 157 Å². The van der Waals surface area contributed by atoms with E-state index in [1.807, 2.05) is 89.5 Å². The van der Waals surface area contributed by atoms with Crippen LogP contribution in [0.1, 0.15) is 83.2 Å². The first-order valence-electron chi connectivity index (χ1n) is 26.7. The lowest BCUT2D eigenvalue weighted by Gasteiger charge is -2.36. The number of hydrogen-bond acceptors (Lipinski definition) is 15. The number of likely N-dealkylation sites (N-methyl/N-ethyl adjacent to an activating group) is 1. The number of aromatic nitrogens is 4. The molecule has 3 unspecified atom stereocenters. The minimum Gasteiger partial charge on any atom is -0.508 e. The number of hydrogen-bond donors (Lipinski definition) is 3. The van der Waals surface area contributed by atoms with Gasteiger partial charge in [0.1, 0.15) is 48.1 Å². The number of likely N-dealkylation sites (tertiary alicyclic amines) is 1. The Bertz CT molecular complexity index is 3190. The molecular weight excluding hydrogens is 1020 g/mol. The van der Waals surface area contributed by atoms with Crippen molar-refractivity contribution >= 4 is 67.4 Å². The number of piperidine rings is 1. The molecular formula is C57H69FN10O7S2. The molecule has 2 bridgehead atoms. The number of thiazole rings is 1. The number of carbonyl (C=O) groups is 3. The van der Waals surface area contributed by atoms with Gasteiger partial charge < -0.3 is 39.9 Å². The molecule has 4 aliphatic rings.